The Kier molecular flexibility index (Phi) is 4.78. The smallest absolute Gasteiger partial charge is 0.343 e. The zero-order valence-corrected chi connectivity index (χ0v) is 13.0. The summed E-state index contributed by atoms with van der Waals surface area (Å²) in [6.07, 6.45) is 4.45. The number of ketones is 1. The first-order valence-electron chi connectivity index (χ1n) is 6.35. The fourth-order valence-corrected chi connectivity index (χ4v) is 2.62. The Morgan fingerprint density at radius 3 is 2.48 bits per heavy atom. The highest BCUT2D eigenvalue weighted by Crippen LogP contribution is 2.39. The van der Waals surface area contributed by atoms with Gasteiger partial charge in [0.25, 0.3) is 7.11 Å². The molecule has 21 heavy (non-hydrogen) atoms. The Labute approximate surface area is 123 Å². The lowest BCUT2D eigenvalue weighted by Gasteiger charge is -2.26. The molecule has 2 rings (SSSR count). The largest absolute Gasteiger partial charge is 0.779 e. The van der Waals surface area contributed by atoms with Crippen LogP contribution in [0.1, 0.15) is 5.56 Å². The van der Waals surface area contributed by atoms with Gasteiger partial charge in [-0.2, -0.15) is 0 Å². The lowest BCUT2D eigenvalue weighted by Crippen LogP contribution is -2.19. The molecule has 0 N–H and O–H groups in total. The van der Waals surface area contributed by atoms with Crippen LogP contribution in [0.4, 0.5) is 0 Å². The van der Waals surface area contributed by atoms with Gasteiger partial charge in [-0.25, -0.2) is 0 Å². The highest BCUT2D eigenvalue weighted by molar-refractivity contribution is 7.50. The van der Waals surface area contributed by atoms with Gasteiger partial charge in [-0.1, -0.05) is 12.1 Å². The van der Waals surface area contributed by atoms with E-state index in [2.05, 4.69) is 0 Å². The SMILES string of the molecule is COc1ccc(C2=CC(=[O+]C)C=CC2OP(C)(=O)[O-])cc1. The number of hydrogen-bond donors (Lipinski definition) is 0. The maximum absolute atomic E-state index is 11.4. The van der Waals surface area contributed by atoms with Gasteiger partial charge in [0, 0.05) is 24.4 Å². The topological polar surface area (TPSA) is 69.9 Å². The van der Waals surface area contributed by atoms with E-state index in [9.17, 15) is 9.46 Å². The van der Waals surface area contributed by atoms with Crippen molar-refractivity contribution in [3.63, 3.8) is 0 Å². The third-order valence-corrected chi connectivity index (χ3v) is 3.61. The molecule has 1 aromatic rings. The van der Waals surface area contributed by atoms with Crippen molar-refractivity contribution in [1.29, 1.82) is 0 Å². The highest BCUT2D eigenvalue weighted by Gasteiger charge is 2.24. The summed E-state index contributed by atoms with van der Waals surface area (Å²) in [5.41, 5.74) is 1.56. The first kappa shape index (κ1) is 15.7. The number of hydrogen-bond acceptors (Lipinski definition) is 4. The van der Waals surface area contributed by atoms with Crippen molar-refractivity contribution in [1.82, 2.24) is 0 Å². The molecule has 0 saturated heterocycles. The van der Waals surface area contributed by atoms with Gasteiger partial charge in [0.05, 0.1) is 7.11 Å². The second-order valence-corrected chi connectivity index (χ2v) is 6.34. The number of methoxy groups -OCH3 is 1. The van der Waals surface area contributed by atoms with Crippen LogP contribution in [0, 0.1) is 0 Å². The van der Waals surface area contributed by atoms with Crippen LogP contribution in [0.15, 0.2) is 42.5 Å². The maximum atomic E-state index is 11.4. The van der Waals surface area contributed by atoms with Crippen molar-refractivity contribution in [2.45, 2.75) is 6.10 Å². The van der Waals surface area contributed by atoms with Gasteiger partial charge in [0.15, 0.2) is 0 Å². The van der Waals surface area contributed by atoms with Gasteiger partial charge in [-0.15, -0.1) is 0 Å². The van der Waals surface area contributed by atoms with Crippen LogP contribution in [0.3, 0.4) is 0 Å². The predicted octanol–water partition coefficient (Wildman–Crippen LogP) is 1.95. The van der Waals surface area contributed by atoms with E-state index in [-0.39, 0.29) is 0 Å². The van der Waals surface area contributed by atoms with Crippen LogP contribution in [0.5, 0.6) is 5.75 Å². The van der Waals surface area contributed by atoms with Crippen molar-refractivity contribution < 1.29 is 23.1 Å². The third-order valence-electron chi connectivity index (χ3n) is 3.00. The van der Waals surface area contributed by atoms with Crippen molar-refractivity contribution in [2.75, 3.05) is 20.9 Å². The minimum Gasteiger partial charge on any atom is -0.779 e. The van der Waals surface area contributed by atoms with E-state index in [4.69, 9.17) is 13.7 Å². The molecule has 112 valence electrons. The van der Waals surface area contributed by atoms with Gasteiger partial charge in [0.1, 0.15) is 19.4 Å². The zero-order valence-electron chi connectivity index (χ0n) is 12.1. The molecule has 0 aromatic heterocycles. The molecule has 0 amide bonds. The Balaban J connectivity index is 2.37. The summed E-state index contributed by atoms with van der Waals surface area (Å²) in [7, 11) is -0.707. The van der Waals surface area contributed by atoms with E-state index in [1.165, 1.54) is 0 Å². The molecular formula is C15H17O5P. The van der Waals surface area contributed by atoms with Crippen LogP contribution in [0.25, 0.3) is 5.57 Å². The van der Waals surface area contributed by atoms with Crippen LogP contribution in [0.2, 0.25) is 0 Å². The van der Waals surface area contributed by atoms with Crippen molar-refractivity contribution in [2.24, 2.45) is 0 Å². The quantitative estimate of drug-likeness (QED) is 0.630. The second kappa shape index (κ2) is 6.39. The molecule has 1 aromatic carbocycles. The first-order valence-corrected chi connectivity index (χ1v) is 8.34. The highest BCUT2D eigenvalue weighted by atomic mass is 31.2. The zero-order chi connectivity index (χ0) is 15.5. The summed E-state index contributed by atoms with van der Waals surface area (Å²) in [5, 5.41) is 0. The molecule has 0 bridgehead atoms. The fourth-order valence-electron chi connectivity index (χ4n) is 2.03. The van der Waals surface area contributed by atoms with E-state index in [1.807, 2.05) is 12.1 Å². The van der Waals surface area contributed by atoms with Crippen LogP contribution in [-0.2, 0) is 13.5 Å². The van der Waals surface area contributed by atoms with E-state index < -0.39 is 13.7 Å². The maximum Gasteiger partial charge on any atom is 0.343 e. The number of allylic oxidation sites excluding steroid dienone is 2. The Bertz CT molecular complexity index is 637. The molecule has 1 aliphatic rings. The molecule has 2 unspecified atom stereocenters. The predicted molar refractivity (Wildman–Crippen MR) is 79.4 cm³/mol. The van der Waals surface area contributed by atoms with Gasteiger partial charge in [-0.05, 0) is 23.8 Å². The minimum absolute atomic E-state index is 0.637. The van der Waals surface area contributed by atoms with E-state index in [0.717, 1.165) is 23.6 Å². The van der Waals surface area contributed by atoms with Crippen LogP contribution < -0.4 is 9.63 Å². The summed E-state index contributed by atoms with van der Waals surface area (Å²) in [5.74, 6) is 1.36. The van der Waals surface area contributed by atoms with Gasteiger partial charge in [-0.3, -0.25) is 4.42 Å². The van der Waals surface area contributed by atoms with Crippen LogP contribution >= 0.6 is 7.60 Å². The summed E-state index contributed by atoms with van der Waals surface area (Å²) in [4.78, 5) is 11.4. The van der Waals surface area contributed by atoms with Crippen molar-refractivity contribution in [3.05, 3.63) is 48.1 Å². The Hall–Kier alpha value is -1.68. The molecule has 0 fully saturated rings. The lowest BCUT2D eigenvalue weighted by molar-refractivity contribution is -0.417. The molecule has 2 atom stereocenters. The fraction of sp³-hybridized carbons (Fsp3) is 0.267. The summed E-state index contributed by atoms with van der Waals surface area (Å²) in [6, 6.07) is 7.30. The van der Waals surface area contributed by atoms with E-state index >= 15 is 0 Å². The summed E-state index contributed by atoms with van der Waals surface area (Å²) >= 11 is 0. The Morgan fingerprint density at radius 1 is 1.29 bits per heavy atom. The number of ether oxygens (including phenoxy) is 1. The monoisotopic (exact) mass is 308 g/mol. The molecule has 6 heteroatoms. The number of benzene rings is 1. The standard InChI is InChI=1S/C15H17O5P/c1-18-12-6-4-11(5-7-12)14-10-13(19-2)8-9-15(14)20-21(3,16)17/h4-10,15H,1-3H3. The lowest BCUT2D eigenvalue weighted by atomic mass is 9.95. The molecule has 0 spiro atoms. The van der Waals surface area contributed by atoms with Crippen molar-refractivity contribution >= 4 is 19.0 Å². The minimum atomic E-state index is -3.85. The first-order chi connectivity index (χ1) is 9.93. The number of carbonyl (C=O) groups excluding carboxylic acids is 1. The van der Waals surface area contributed by atoms with E-state index in [1.54, 1.807) is 44.6 Å². The molecular weight excluding hydrogens is 291 g/mol. The second-order valence-electron chi connectivity index (χ2n) is 4.59. The van der Waals surface area contributed by atoms with Crippen molar-refractivity contribution in [3.8, 4) is 5.75 Å². The molecule has 0 saturated carbocycles. The van der Waals surface area contributed by atoms with Gasteiger partial charge in [0.2, 0.25) is 0 Å². The van der Waals surface area contributed by atoms with Crippen LogP contribution in [-0.4, -0.2) is 32.8 Å². The molecule has 1 aliphatic carbocycles. The summed E-state index contributed by atoms with van der Waals surface area (Å²) in [6.45, 7) is 1.06. The molecule has 5 nitrogen and oxygen atoms in total. The summed E-state index contributed by atoms with van der Waals surface area (Å²) < 4.78 is 26.9. The van der Waals surface area contributed by atoms with E-state index in [0.29, 0.717) is 5.78 Å². The number of rotatable bonds is 4. The molecule has 0 heterocycles. The molecule has 0 radical (unpaired) electrons. The third kappa shape index (κ3) is 4.14. The van der Waals surface area contributed by atoms with Gasteiger partial charge < -0.3 is 18.7 Å². The molecule has 0 aliphatic heterocycles. The van der Waals surface area contributed by atoms with Gasteiger partial charge >= 0.3 is 5.78 Å². The normalized spacial score (nSPS) is 22.8. The Morgan fingerprint density at radius 2 is 1.95 bits per heavy atom. The average Bonchev–Trinajstić information content (AvgIpc) is 2.46. The average molecular weight is 308 g/mol.